The molecule has 0 aliphatic rings. The van der Waals surface area contributed by atoms with Gasteiger partial charge in [-0.05, 0) is 126 Å². The molecule has 0 saturated heterocycles. The van der Waals surface area contributed by atoms with Crippen molar-refractivity contribution in [3.8, 4) is 11.1 Å². The van der Waals surface area contributed by atoms with E-state index >= 15 is 0 Å². The van der Waals surface area contributed by atoms with Crippen LogP contribution < -0.4 is 9.80 Å². The van der Waals surface area contributed by atoms with Crippen LogP contribution in [0.2, 0.25) is 0 Å². The first-order valence-corrected chi connectivity index (χ1v) is 18.1. The number of nitrogens with zero attached hydrogens (tertiary/aromatic N) is 2. The highest BCUT2D eigenvalue weighted by atomic mass is 15.1. The van der Waals surface area contributed by atoms with E-state index in [9.17, 15) is 0 Å². The fourth-order valence-electron chi connectivity index (χ4n) is 6.96. The molecular formula is C47H50N2. The standard InChI is InChI=1S/C47H50N2/c1-6-35(4)37-19-27-43(28-20-37)48(41-15-11-9-12-16-41)44-29-21-38(22-30-44)39-23-31-45(32-24-39)49(42-17-13-10-14-18-42)46-33-25-40(26-34-46)47(8-3)36(5)7-2/h9-36,47H,6-8H2,1-5H3. The highest BCUT2D eigenvalue weighted by Gasteiger charge is 2.18. The Bertz CT molecular complexity index is 1860. The molecule has 0 bridgehead atoms. The van der Waals surface area contributed by atoms with E-state index in [1.54, 1.807) is 0 Å². The van der Waals surface area contributed by atoms with E-state index in [1.165, 1.54) is 34.4 Å². The smallest absolute Gasteiger partial charge is 0.0462 e. The molecule has 0 fully saturated rings. The number of rotatable bonds is 13. The van der Waals surface area contributed by atoms with Crippen LogP contribution in [0.25, 0.3) is 11.1 Å². The lowest BCUT2D eigenvalue weighted by Gasteiger charge is -2.27. The quantitative estimate of drug-likeness (QED) is 0.124. The van der Waals surface area contributed by atoms with Gasteiger partial charge in [-0.15, -0.1) is 0 Å². The molecule has 6 aromatic rings. The van der Waals surface area contributed by atoms with Crippen molar-refractivity contribution in [2.45, 2.75) is 65.7 Å². The van der Waals surface area contributed by atoms with E-state index < -0.39 is 0 Å². The summed E-state index contributed by atoms with van der Waals surface area (Å²) in [5.41, 5.74) is 12.1. The second-order valence-electron chi connectivity index (χ2n) is 13.3. The minimum absolute atomic E-state index is 0.554. The molecule has 49 heavy (non-hydrogen) atoms. The van der Waals surface area contributed by atoms with E-state index in [2.05, 4.69) is 202 Å². The summed E-state index contributed by atoms with van der Waals surface area (Å²) in [4.78, 5) is 4.69. The second kappa shape index (κ2) is 15.9. The summed E-state index contributed by atoms with van der Waals surface area (Å²) in [6.45, 7) is 11.5. The number of hydrogen-bond donors (Lipinski definition) is 0. The molecular weight excluding hydrogens is 593 g/mol. The molecule has 0 N–H and O–H groups in total. The summed E-state index contributed by atoms with van der Waals surface area (Å²) >= 11 is 0. The largest absolute Gasteiger partial charge is 0.311 e. The van der Waals surface area contributed by atoms with Crippen LogP contribution >= 0.6 is 0 Å². The summed E-state index contributed by atoms with van der Waals surface area (Å²) in [5.74, 6) is 1.81. The van der Waals surface area contributed by atoms with Crippen LogP contribution in [0.4, 0.5) is 34.1 Å². The summed E-state index contributed by atoms with van der Waals surface area (Å²) in [7, 11) is 0. The van der Waals surface area contributed by atoms with Gasteiger partial charge in [-0.3, -0.25) is 0 Å². The summed E-state index contributed by atoms with van der Waals surface area (Å²) < 4.78 is 0. The summed E-state index contributed by atoms with van der Waals surface area (Å²) in [6.07, 6.45) is 3.50. The topological polar surface area (TPSA) is 6.48 Å². The maximum absolute atomic E-state index is 2.37. The van der Waals surface area contributed by atoms with Gasteiger partial charge in [0.2, 0.25) is 0 Å². The highest BCUT2D eigenvalue weighted by molar-refractivity contribution is 5.80. The average Bonchev–Trinajstić information content (AvgIpc) is 3.17. The third-order valence-electron chi connectivity index (χ3n) is 10.3. The Hall–Kier alpha value is -5.08. The molecule has 3 unspecified atom stereocenters. The van der Waals surface area contributed by atoms with Crippen molar-refractivity contribution in [2.75, 3.05) is 9.80 Å². The lowest BCUT2D eigenvalue weighted by atomic mass is 9.84. The Balaban J connectivity index is 1.28. The first-order valence-electron chi connectivity index (χ1n) is 18.1. The van der Waals surface area contributed by atoms with Crippen LogP contribution in [0, 0.1) is 5.92 Å². The van der Waals surface area contributed by atoms with Gasteiger partial charge in [0.05, 0.1) is 0 Å². The summed E-state index contributed by atoms with van der Waals surface area (Å²) in [6, 6.07) is 57.5. The number of para-hydroxylation sites is 2. The van der Waals surface area contributed by atoms with Gasteiger partial charge >= 0.3 is 0 Å². The Kier molecular flexibility index (Phi) is 11.0. The number of hydrogen-bond acceptors (Lipinski definition) is 2. The van der Waals surface area contributed by atoms with E-state index in [0.29, 0.717) is 17.8 Å². The van der Waals surface area contributed by atoms with Crippen LogP contribution in [-0.2, 0) is 0 Å². The molecule has 2 nitrogen and oxygen atoms in total. The normalized spacial score (nSPS) is 13.0. The SMILES string of the molecule is CCC(C)c1ccc(N(c2ccccc2)c2ccc(-c3ccc(N(c4ccccc4)c4ccc(C(CC)C(C)CC)cc4)cc3)cc2)cc1. The van der Waals surface area contributed by atoms with Crippen LogP contribution in [0.1, 0.15) is 76.8 Å². The number of anilines is 6. The number of benzene rings is 6. The van der Waals surface area contributed by atoms with Crippen LogP contribution in [0.15, 0.2) is 158 Å². The van der Waals surface area contributed by atoms with Crippen molar-refractivity contribution in [2.24, 2.45) is 5.92 Å². The Labute approximate surface area is 294 Å². The van der Waals surface area contributed by atoms with Gasteiger partial charge in [-0.2, -0.15) is 0 Å². The van der Waals surface area contributed by atoms with E-state index in [1.807, 2.05) is 0 Å². The highest BCUT2D eigenvalue weighted by Crippen LogP contribution is 2.39. The predicted molar refractivity (Wildman–Crippen MR) is 212 cm³/mol. The van der Waals surface area contributed by atoms with Crippen molar-refractivity contribution < 1.29 is 0 Å². The minimum atomic E-state index is 0.554. The Morgan fingerprint density at radius 3 is 1.06 bits per heavy atom. The van der Waals surface area contributed by atoms with Gasteiger partial charge in [0.25, 0.3) is 0 Å². The molecule has 6 rings (SSSR count). The fraction of sp³-hybridized carbons (Fsp3) is 0.234. The molecule has 0 saturated carbocycles. The third-order valence-corrected chi connectivity index (χ3v) is 10.3. The first kappa shape index (κ1) is 33.8. The predicted octanol–water partition coefficient (Wildman–Crippen LogP) is 14.3. The van der Waals surface area contributed by atoms with Crippen molar-refractivity contribution in [1.82, 2.24) is 0 Å². The first-order chi connectivity index (χ1) is 24.0. The molecule has 3 atom stereocenters. The average molecular weight is 643 g/mol. The summed E-state index contributed by atoms with van der Waals surface area (Å²) in [5, 5.41) is 0. The molecule has 0 aliphatic carbocycles. The molecule has 0 spiro atoms. The van der Waals surface area contributed by atoms with Crippen molar-refractivity contribution in [3.63, 3.8) is 0 Å². The monoisotopic (exact) mass is 642 g/mol. The van der Waals surface area contributed by atoms with Crippen molar-refractivity contribution in [1.29, 1.82) is 0 Å². The molecule has 0 aromatic heterocycles. The third kappa shape index (κ3) is 7.65. The maximum atomic E-state index is 2.37. The lowest BCUT2D eigenvalue weighted by molar-refractivity contribution is 0.435. The van der Waals surface area contributed by atoms with Gasteiger partial charge in [-0.25, -0.2) is 0 Å². The zero-order valence-corrected chi connectivity index (χ0v) is 29.8. The molecule has 248 valence electrons. The maximum Gasteiger partial charge on any atom is 0.0462 e. The molecule has 6 aromatic carbocycles. The molecule has 0 heterocycles. The Morgan fingerprint density at radius 2 is 0.714 bits per heavy atom. The molecule has 0 amide bonds. The van der Waals surface area contributed by atoms with Crippen LogP contribution in [0.3, 0.4) is 0 Å². The lowest BCUT2D eigenvalue weighted by Crippen LogP contribution is -2.11. The van der Waals surface area contributed by atoms with Gasteiger partial charge in [0, 0.05) is 34.1 Å². The minimum Gasteiger partial charge on any atom is -0.311 e. The Morgan fingerprint density at radius 1 is 0.367 bits per heavy atom. The molecule has 2 heteroatoms. The fourth-order valence-corrected chi connectivity index (χ4v) is 6.96. The van der Waals surface area contributed by atoms with Gasteiger partial charge < -0.3 is 9.80 Å². The van der Waals surface area contributed by atoms with Crippen LogP contribution in [-0.4, -0.2) is 0 Å². The molecule has 0 aliphatic heterocycles. The van der Waals surface area contributed by atoms with Crippen LogP contribution in [0.5, 0.6) is 0 Å². The zero-order valence-electron chi connectivity index (χ0n) is 29.8. The van der Waals surface area contributed by atoms with Gasteiger partial charge in [-0.1, -0.05) is 126 Å². The van der Waals surface area contributed by atoms with E-state index in [0.717, 1.165) is 41.3 Å². The van der Waals surface area contributed by atoms with E-state index in [-0.39, 0.29) is 0 Å². The second-order valence-corrected chi connectivity index (χ2v) is 13.3. The van der Waals surface area contributed by atoms with Crippen molar-refractivity contribution in [3.05, 3.63) is 169 Å². The molecule has 0 radical (unpaired) electrons. The van der Waals surface area contributed by atoms with Crippen molar-refractivity contribution >= 4 is 34.1 Å². The van der Waals surface area contributed by atoms with Gasteiger partial charge in [0.15, 0.2) is 0 Å². The van der Waals surface area contributed by atoms with Gasteiger partial charge in [0.1, 0.15) is 0 Å². The zero-order chi connectivity index (χ0) is 34.2. The van der Waals surface area contributed by atoms with E-state index in [4.69, 9.17) is 0 Å².